The van der Waals surface area contributed by atoms with Crippen molar-refractivity contribution in [2.24, 2.45) is 11.3 Å². The summed E-state index contributed by atoms with van der Waals surface area (Å²) < 4.78 is 27.8. The summed E-state index contributed by atoms with van der Waals surface area (Å²) in [7, 11) is -3.50. The number of hydrogen-bond acceptors (Lipinski definition) is 4. The number of sulfone groups is 1. The predicted molar refractivity (Wildman–Crippen MR) is 150 cm³/mol. The Bertz CT molecular complexity index is 1280. The Morgan fingerprint density at radius 3 is 2.37 bits per heavy atom. The average molecular weight is 581 g/mol. The maximum atomic E-state index is 13.9. The summed E-state index contributed by atoms with van der Waals surface area (Å²) in [5, 5.41) is 12.6. The number of nitrogens with one attached hydrogen (secondary N) is 1. The number of carbonyl (C=O) groups is 2. The zero-order chi connectivity index (χ0) is 27.7. The van der Waals surface area contributed by atoms with Crippen LogP contribution in [0, 0.1) is 11.3 Å². The van der Waals surface area contributed by atoms with Gasteiger partial charge in [0.15, 0.2) is 9.84 Å². The molecule has 2 N–H and O–H groups in total. The average Bonchev–Trinajstić information content (AvgIpc) is 3.40. The lowest BCUT2D eigenvalue weighted by Crippen LogP contribution is -2.56. The second-order valence-electron chi connectivity index (χ2n) is 11.2. The summed E-state index contributed by atoms with van der Waals surface area (Å²) in [6.07, 6.45) is 3.49. The molecule has 0 spiro atoms. The highest BCUT2D eigenvalue weighted by Crippen LogP contribution is 2.46. The van der Waals surface area contributed by atoms with Gasteiger partial charge in [-0.2, -0.15) is 0 Å². The molecule has 0 radical (unpaired) electrons. The normalized spacial score (nSPS) is 26.1. The number of piperidine rings is 1. The molecule has 1 aliphatic heterocycles. The summed E-state index contributed by atoms with van der Waals surface area (Å²) >= 11 is 12.4. The number of hydrogen-bond donors (Lipinski definition) is 2. The van der Waals surface area contributed by atoms with Crippen LogP contribution in [-0.2, 0) is 19.4 Å². The van der Waals surface area contributed by atoms with Gasteiger partial charge >= 0.3 is 5.97 Å². The summed E-state index contributed by atoms with van der Waals surface area (Å²) in [5.74, 6) is -1.82. The van der Waals surface area contributed by atoms with Crippen LogP contribution in [0.4, 0.5) is 0 Å². The van der Waals surface area contributed by atoms with Crippen LogP contribution in [0.1, 0.15) is 81.1 Å². The molecule has 2 aliphatic rings. The fourth-order valence-corrected chi connectivity index (χ4v) is 9.18. The standard InChI is InChI=1S/C29H35Cl2NO5S/c1-18(14-25(19-10-12-21(30)13-11-19)38(36,37)23-8-3-4-9-23)27-24(20-6-5-7-22(31)15-20)16-29(2,17-26(33)34)28(35)32-27/h5-7,10-13,15,18,23-25,27H,3-4,8-9,14,16-17H2,1-2H3,(H,32,35)(H,33,34)/t18?,24-,25+,27+,29+/m1/s1. The first-order valence-corrected chi connectivity index (χ1v) is 15.5. The van der Waals surface area contributed by atoms with E-state index in [-0.39, 0.29) is 29.4 Å². The van der Waals surface area contributed by atoms with Gasteiger partial charge in [-0.15, -0.1) is 0 Å². The van der Waals surface area contributed by atoms with Crippen molar-refractivity contribution in [2.75, 3.05) is 0 Å². The van der Waals surface area contributed by atoms with E-state index in [1.54, 1.807) is 37.3 Å². The Kier molecular flexibility index (Phi) is 8.80. The van der Waals surface area contributed by atoms with E-state index in [2.05, 4.69) is 5.32 Å². The first-order valence-electron chi connectivity index (χ1n) is 13.2. The first-order chi connectivity index (χ1) is 17.9. The fourth-order valence-electron chi connectivity index (χ4n) is 6.29. The van der Waals surface area contributed by atoms with Gasteiger partial charge in [0.25, 0.3) is 0 Å². The number of carbonyl (C=O) groups excluding carboxylic acids is 1. The van der Waals surface area contributed by atoms with Crippen LogP contribution in [0.3, 0.4) is 0 Å². The van der Waals surface area contributed by atoms with Crippen LogP contribution >= 0.6 is 23.2 Å². The van der Waals surface area contributed by atoms with Gasteiger partial charge in [-0.05, 0) is 67.0 Å². The molecule has 4 rings (SSSR count). The minimum absolute atomic E-state index is 0.228. The van der Waals surface area contributed by atoms with Crippen molar-refractivity contribution in [3.05, 3.63) is 69.7 Å². The van der Waals surface area contributed by atoms with Crippen molar-refractivity contribution in [3.63, 3.8) is 0 Å². The van der Waals surface area contributed by atoms with Crippen molar-refractivity contribution < 1.29 is 23.1 Å². The topological polar surface area (TPSA) is 101 Å². The SMILES string of the molecule is CC(C[C@@H](c1ccc(Cl)cc1)S(=O)(=O)C1CCCC1)[C@@H]1NC(=O)[C@](C)(CC(=O)O)C[C@@H]1c1cccc(Cl)c1. The lowest BCUT2D eigenvalue weighted by atomic mass is 9.67. The number of amides is 1. The minimum atomic E-state index is -3.50. The molecule has 0 bridgehead atoms. The Morgan fingerprint density at radius 1 is 1.11 bits per heavy atom. The van der Waals surface area contributed by atoms with Crippen molar-refractivity contribution in [3.8, 4) is 0 Å². The summed E-state index contributed by atoms with van der Waals surface area (Å²) in [6.45, 7) is 3.64. The lowest BCUT2D eigenvalue weighted by Gasteiger charge is -2.45. The van der Waals surface area contributed by atoms with Crippen LogP contribution in [0.5, 0.6) is 0 Å². The van der Waals surface area contributed by atoms with Gasteiger partial charge in [0.1, 0.15) is 0 Å². The molecule has 1 unspecified atom stereocenters. The van der Waals surface area contributed by atoms with E-state index in [4.69, 9.17) is 23.2 Å². The molecule has 1 aliphatic carbocycles. The highest BCUT2D eigenvalue weighted by atomic mass is 35.5. The maximum absolute atomic E-state index is 13.9. The third-order valence-corrected chi connectivity index (χ3v) is 11.5. The number of carboxylic acids is 1. The van der Waals surface area contributed by atoms with Crippen molar-refractivity contribution in [1.82, 2.24) is 5.32 Å². The zero-order valence-electron chi connectivity index (χ0n) is 21.7. The Labute approximate surface area is 235 Å². The van der Waals surface area contributed by atoms with Gasteiger partial charge in [-0.25, -0.2) is 8.42 Å². The van der Waals surface area contributed by atoms with E-state index in [0.717, 1.165) is 18.4 Å². The van der Waals surface area contributed by atoms with Gasteiger partial charge in [0, 0.05) is 22.0 Å². The predicted octanol–water partition coefficient (Wildman–Crippen LogP) is 6.57. The Balaban J connectivity index is 1.70. The Hall–Kier alpha value is -2.09. The van der Waals surface area contributed by atoms with Crippen LogP contribution in [0.2, 0.25) is 10.0 Å². The third kappa shape index (κ3) is 6.21. The molecular formula is C29H35Cl2NO5S. The largest absolute Gasteiger partial charge is 0.481 e. The van der Waals surface area contributed by atoms with Crippen molar-refractivity contribution in [1.29, 1.82) is 0 Å². The summed E-state index contributed by atoms with van der Waals surface area (Å²) in [6, 6.07) is 14.0. The molecule has 6 nitrogen and oxygen atoms in total. The van der Waals surface area contributed by atoms with Crippen molar-refractivity contribution in [2.45, 2.75) is 81.3 Å². The molecule has 9 heteroatoms. The number of benzene rings is 2. The summed E-state index contributed by atoms with van der Waals surface area (Å²) in [4.78, 5) is 24.9. The molecule has 0 aromatic heterocycles. The maximum Gasteiger partial charge on any atom is 0.304 e. The molecule has 2 fully saturated rings. The Morgan fingerprint density at radius 2 is 1.76 bits per heavy atom. The molecule has 1 heterocycles. The monoisotopic (exact) mass is 579 g/mol. The van der Waals surface area contributed by atoms with Crippen molar-refractivity contribution >= 4 is 44.9 Å². The highest BCUT2D eigenvalue weighted by Gasteiger charge is 2.48. The molecule has 1 amide bonds. The number of rotatable bonds is 9. The van der Waals surface area contributed by atoms with Crippen LogP contribution in [0.15, 0.2) is 48.5 Å². The highest BCUT2D eigenvalue weighted by molar-refractivity contribution is 7.92. The van der Waals surface area contributed by atoms with Gasteiger partial charge in [-0.1, -0.05) is 74.2 Å². The zero-order valence-corrected chi connectivity index (χ0v) is 24.0. The molecule has 2 aromatic carbocycles. The van der Waals surface area contributed by atoms with E-state index >= 15 is 0 Å². The van der Waals surface area contributed by atoms with Gasteiger partial charge in [0.05, 0.1) is 22.3 Å². The fraction of sp³-hybridized carbons (Fsp3) is 0.517. The van der Waals surface area contributed by atoms with Crippen LogP contribution < -0.4 is 5.32 Å². The van der Waals surface area contributed by atoms with Crippen LogP contribution in [-0.4, -0.2) is 36.7 Å². The van der Waals surface area contributed by atoms with E-state index in [0.29, 0.717) is 41.3 Å². The van der Waals surface area contributed by atoms with E-state index in [1.807, 2.05) is 25.1 Å². The number of halogens is 2. The van der Waals surface area contributed by atoms with E-state index in [1.165, 1.54) is 0 Å². The molecule has 1 saturated heterocycles. The molecule has 2 aromatic rings. The second kappa shape index (κ2) is 11.6. The number of carboxylic acid groups (broad SMARTS) is 1. The second-order valence-corrected chi connectivity index (χ2v) is 14.5. The van der Waals surface area contributed by atoms with Gasteiger partial charge in [0.2, 0.25) is 5.91 Å². The lowest BCUT2D eigenvalue weighted by molar-refractivity contribution is -0.147. The molecule has 5 atom stereocenters. The molecule has 38 heavy (non-hydrogen) atoms. The first kappa shape index (κ1) is 28.9. The smallest absolute Gasteiger partial charge is 0.304 e. The minimum Gasteiger partial charge on any atom is -0.481 e. The number of aliphatic carboxylic acids is 1. The van der Waals surface area contributed by atoms with Crippen LogP contribution in [0.25, 0.3) is 0 Å². The van der Waals surface area contributed by atoms with E-state index < -0.39 is 32.5 Å². The molecular weight excluding hydrogens is 545 g/mol. The van der Waals surface area contributed by atoms with Gasteiger partial charge < -0.3 is 10.4 Å². The third-order valence-electron chi connectivity index (χ3n) is 8.37. The molecule has 206 valence electrons. The molecule has 1 saturated carbocycles. The van der Waals surface area contributed by atoms with E-state index in [9.17, 15) is 23.1 Å². The summed E-state index contributed by atoms with van der Waals surface area (Å²) in [5.41, 5.74) is 0.499. The van der Waals surface area contributed by atoms with Gasteiger partial charge in [-0.3, -0.25) is 9.59 Å². The quantitative estimate of drug-likeness (QED) is 0.350.